The van der Waals surface area contributed by atoms with Crippen LogP contribution in [0.5, 0.6) is 5.75 Å². The number of fused-ring (bicyclic) bond motifs is 1. The molecule has 0 saturated carbocycles. The molecule has 3 heterocycles. The fraction of sp³-hybridized carbons (Fsp3) is 0.393. The van der Waals surface area contributed by atoms with Gasteiger partial charge in [0.1, 0.15) is 11.6 Å². The number of carbonyl (C=O) groups is 1. The lowest BCUT2D eigenvalue weighted by molar-refractivity contribution is -0.144. The van der Waals surface area contributed by atoms with Gasteiger partial charge in [0.25, 0.3) is 5.91 Å². The summed E-state index contributed by atoms with van der Waals surface area (Å²) < 4.78 is 22.2. The van der Waals surface area contributed by atoms with Crippen molar-refractivity contribution < 1.29 is 18.8 Å². The molecule has 4 atom stereocenters. The first-order valence-corrected chi connectivity index (χ1v) is 12.2. The van der Waals surface area contributed by atoms with Crippen LogP contribution in [0.2, 0.25) is 0 Å². The van der Waals surface area contributed by atoms with Crippen LogP contribution in [-0.2, 0) is 11.4 Å². The third-order valence-electron chi connectivity index (χ3n) is 7.72. The number of hydrogen-bond donors (Lipinski definition) is 0. The van der Waals surface area contributed by atoms with Crippen LogP contribution in [0, 0.1) is 11.7 Å². The van der Waals surface area contributed by atoms with Gasteiger partial charge in [-0.15, -0.1) is 0 Å². The van der Waals surface area contributed by atoms with Crippen LogP contribution in [0.25, 0.3) is 0 Å². The number of halogens is 1. The number of hydrogen-bond acceptors (Lipinski definition) is 4. The Morgan fingerprint density at radius 2 is 1.80 bits per heavy atom. The molecule has 0 aliphatic carbocycles. The molecule has 2 aliphatic heterocycles. The Kier molecular flexibility index (Phi) is 6.62. The zero-order chi connectivity index (χ0) is 24.5. The summed E-state index contributed by atoms with van der Waals surface area (Å²) in [5.41, 5.74) is 2.54. The van der Waals surface area contributed by atoms with Crippen molar-refractivity contribution >= 4 is 5.91 Å². The number of piperidine rings is 1. The number of benzene rings is 2. The second-order valence-electron chi connectivity index (χ2n) is 9.44. The summed E-state index contributed by atoms with van der Waals surface area (Å²) in [7, 11) is 3.11. The van der Waals surface area contributed by atoms with E-state index in [4.69, 9.17) is 9.57 Å². The third-order valence-corrected chi connectivity index (χ3v) is 7.72. The van der Waals surface area contributed by atoms with Crippen LogP contribution in [-0.4, -0.2) is 53.8 Å². The number of carbonyl (C=O) groups excluding carboxylic acids is 1. The van der Waals surface area contributed by atoms with Gasteiger partial charge in [-0.1, -0.05) is 18.2 Å². The molecule has 7 heteroatoms. The van der Waals surface area contributed by atoms with Gasteiger partial charge in [0.15, 0.2) is 0 Å². The predicted octanol–water partition coefficient (Wildman–Crippen LogP) is 4.89. The minimum absolute atomic E-state index is 0.00697. The SMILES string of the molecule is COc1cc(F)cc([C@@H]2CCN(CCn3cccc3)[C@H](C)[C@H]2C2c3ccccc3C(=O)N2OC)c1. The van der Waals surface area contributed by atoms with E-state index >= 15 is 0 Å². The number of methoxy groups -OCH3 is 1. The van der Waals surface area contributed by atoms with Gasteiger partial charge in [0.05, 0.1) is 20.3 Å². The monoisotopic (exact) mass is 477 g/mol. The molecule has 5 rings (SSSR count). The molecule has 3 aromatic rings. The van der Waals surface area contributed by atoms with E-state index in [1.165, 1.54) is 11.1 Å². The number of hydroxylamine groups is 2. The summed E-state index contributed by atoms with van der Waals surface area (Å²) >= 11 is 0. The van der Waals surface area contributed by atoms with Crippen molar-refractivity contribution in [1.29, 1.82) is 0 Å². The Balaban J connectivity index is 1.55. The predicted molar refractivity (Wildman–Crippen MR) is 132 cm³/mol. The molecule has 1 amide bonds. The zero-order valence-corrected chi connectivity index (χ0v) is 20.4. The van der Waals surface area contributed by atoms with E-state index in [9.17, 15) is 9.18 Å². The molecule has 2 aromatic carbocycles. The molecule has 1 fully saturated rings. The maximum atomic E-state index is 14.6. The minimum Gasteiger partial charge on any atom is -0.497 e. The lowest BCUT2D eigenvalue weighted by atomic mass is 9.71. The van der Waals surface area contributed by atoms with Gasteiger partial charge in [0.2, 0.25) is 0 Å². The fourth-order valence-electron chi connectivity index (χ4n) is 6.03. The van der Waals surface area contributed by atoms with E-state index in [1.807, 2.05) is 42.5 Å². The molecule has 1 unspecified atom stereocenters. The highest BCUT2D eigenvalue weighted by molar-refractivity contribution is 5.98. The molecule has 0 N–H and O–H groups in total. The Morgan fingerprint density at radius 1 is 1.03 bits per heavy atom. The smallest absolute Gasteiger partial charge is 0.278 e. The quantitative estimate of drug-likeness (QED) is 0.486. The van der Waals surface area contributed by atoms with E-state index in [0.717, 1.165) is 37.2 Å². The van der Waals surface area contributed by atoms with Gasteiger partial charge in [-0.05, 0) is 67.3 Å². The molecule has 35 heavy (non-hydrogen) atoms. The van der Waals surface area contributed by atoms with Crippen molar-refractivity contribution in [2.24, 2.45) is 5.92 Å². The van der Waals surface area contributed by atoms with E-state index < -0.39 is 0 Å². The highest BCUT2D eigenvalue weighted by Gasteiger charge is 2.49. The first-order valence-electron chi connectivity index (χ1n) is 12.2. The molecule has 2 aliphatic rings. The van der Waals surface area contributed by atoms with Crippen molar-refractivity contribution in [3.63, 3.8) is 0 Å². The van der Waals surface area contributed by atoms with Crippen molar-refractivity contribution in [1.82, 2.24) is 14.5 Å². The fourth-order valence-corrected chi connectivity index (χ4v) is 6.03. The Labute approximate surface area is 205 Å². The van der Waals surface area contributed by atoms with Crippen molar-refractivity contribution in [2.75, 3.05) is 27.3 Å². The minimum atomic E-state index is -0.313. The maximum absolute atomic E-state index is 14.6. The Morgan fingerprint density at radius 3 is 2.54 bits per heavy atom. The second kappa shape index (κ2) is 9.84. The Hall–Kier alpha value is -3.16. The lowest BCUT2D eigenvalue weighted by Gasteiger charge is -2.48. The van der Waals surface area contributed by atoms with Crippen LogP contribution in [0.1, 0.15) is 46.8 Å². The van der Waals surface area contributed by atoms with Crippen LogP contribution in [0.4, 0.5) is 4.39 Å². The summed E-state index contributed by atoms with van der Waals surface area (Å²) in [5.74, 6) is 0.0899. The molecule has 0 bridgehead atoms. The van der Waals surface area contributed by atoms with E-state index in [0.29, 0.717) is 11.3 Å². The molecule has 1 aromatic heterocycles. The molecule has 6 nitrogen and oxygen atoms in total. The number of amides is 1. The summed E-state index contributed by atoms with van der Waals surface area (Å²) in [6.45, 7) is 4.89. The van der Waals surface area contributed by atoms with Gasteiger partial charge < -0.3 is 9.30 Å². The highest BCUT2D eigenvalue weighted by atomic mass is 19.1. The number of ether oxygens (including phenoxy) is 1. The first kappa shape index (κ1) is 23.6. The van der Waals surface area contributed by atoms with E-state index in [-0.39, 0.29) is 35.6 Å². The average Bonchev–Trinajstić information content (AvgIpc) is 3.49. The topological polar surface area (TPSA) is 46.9 Å². The highest BCUT2D eigenvalue weighted by Crippen LogP contribution is 2.50. The largest absolute Gasteiger partial charge is 0.497 e. The van der Waals surface area contributed by atoms with Crippen LogP contribution >= 0.6 is 0 Å². The number of nitrogens with zero attached hydrogens (tertiary/aromatic N) is 3. The second-order valence-corrected chi connectivity index (χ2v) is 9.44. The number of aromatic nitrogens is 1. The maximum Gasteiger partial charge on any atom is 0.278 e. The van der Waals surface area contributed by atoms with Crippen molar-refractivity contribution in [3.05, 3.63) is 89.5 Å². The van der Waals surface area contributed by atoms with Crippen LogP contribution in [0.3, 0.4) is 0 Å². The molecule has 1 saturated heterocycles. The third kappa shape index (κ3) is 4.34. The number of rotatable bonds is 7. The van der Waals surface area contributed by atoms with Gasteiger partial charge in [-0.25, -0.2) is 9.45 Å². The molecule has 184 valence electrons. The summed E-state index contributed by atoms with van der Waals surface area (Å²) in [6, 6.07) is 16.6. The van der Waals surface area contributed by atoms with E-state index in [1.54, 1.807) is 20.3 Å². The summed E-state index contributed by atoms with van der Waals surface area (Å²) in [5, 5.41) is 1.52. The molecule has 0 spiro atoms. The van der Waals surface area contributed by atoms with Gasteiger partial charge >= 0.3 is 0 Å². The zero-order valence-electron chi connectivity index (χ0n) is 20.4. The van der Waals surface area contributed by atoms with Crippen LogP contribution < -0.4 is 4.74 Å². The van der Waals surface area contributed by atoms with Gasteiger partial charge in [-0.3, -0.25) is 14.5 Å². The molecular weight excluding hydrogens is 445 g/mol. The first-order chi connectivity index (χ1) is 17.0. The summed E-state index contributed by atoms with van der Waals surface area (Å²) in [6.07, 6.45) is 5.00. The summed E-state index contributed by atoms with van der Waals surface area (Å²) in [4.78, 5) is 21.4. The Bertz CT molecular complexity index is 1180. The van der Waals surface area contributed by atoms with Crippen molar-refractivity contribution in [2.45, 2.75) is 37.9 Å². The van der Waals surface area contributed by atoms with Gasteiger partial charge in [0, 0.05) is 49.1 Å². The normalized spacial score (nSPS) is 24.6. The van der Waals surface area contributed by atoms with Gasteiger partial charge in [-0.2, -0.15) is 0 Å². The lowest BCUT2D eigenvalue weighted by Crippen LogP contribution is -2.51. The van der Waals surface area contributed by atoms with Crippen molar-refractivity contribution in [3.8, 4) is 5.75 Å². The van der Waals surface area contributed by atoms with Crippen LogP contribution in [0.15, 0.2) is 67.0 Å². The standard InChI is InChI=1S/C28H32FN3O3/c1-19-26(27-24-8-4-5-9-25(24)28(33)32(27)35-3)23(20-16-21(29)18-22(17-20)34-2)10-13-31(19)15-14-30-11-6-7-12-30/h4-9,11-12,16-19,23,26-27H,10,13-15H2,1-3H3/t19-,23+,26-,27?/m1/s1. The molecule has 0 radical (unpaired) electrons. The van der Waals surface area contributed by atoms with E-state index in [2.05, 4.69) is 28.8 Å². The molecular formula is C28H32FN3O3. The number of likely N-dealkylation sites (tertiary alicyclic amines) is 1. The average molecular weight is 478 g/mol.